The zero-order chi connectivity index (χ0) is 13.8. The number of amides is 1. The Bertz CT molecular complexity index is 381. The molecule has 0 radical (unpaired) electrons. The molecule has 1 aliphatic rings. The van der Waals surface area contributed by atoms with Gasteiger partial charge in [-0.3, -0.25) is 4.79 Å². The lowest BCUT2D eigenvalue weighted by Crippen LogP contribution is -2.47. The molecule has 1 saturated heterocycles. The van der Waals surface area contributed by atoms with Crippen LogP contribution in [0.4, 0.5) is 0 Å². The van der Waals surface area contributed by atoms with Crippen LogP contribution in [-0.4, -0.2) is 54.7 Å². The molecule has 6 nitrogen and oxygen atoms in total. The lowest BCUT2D eigenvalue weighted by molar-refractivity contribution is -0.124. The quantitative estimate of drug-likeness (QED) is 0.697. The number of hydrogen-bond donors (Lipinski definition) is 2. The van der Waals surface area contributed by atoms with E-state index in [1.54, 1.807) is 13.8 Å². The fraction of sp³-hybridized carbons (Fsp3) is 0.909. The van der Waals surface area contributed by atoms with Crippen molar-refractivity contribution in [3.63, 3.8) is 0 Å². The predicted molar refractivity (Wildman–Crippen MR) is 68.5 cm³/mol. The molecular weight excluding hydrogens is 256 g/mol. The number of carbonyl (C=O) groups excluding carboxylic acids is 1. The number of sulfonamides is 1. The number of nitrogens with one attached hydrogen (secondary N) is 1. The SMILES string of the molecule is CCCS(=O)(=O)N1CCCC1C(=O)NC[C@@H](C)O. The van der Waals surface area contributed by atoms with Gasteiger partial charge < -0.3 is 10.4 Å². The first-order valence-corrected chi connectivity index (χ1v) is 7.94. The highest BCUT2D eigenvalue weighted by Gasteiger charge is 2.37. The summed E-state index contributed by atoms with van der Waals surface area (Å²) in [5, 5.41) is 11.7. The Morgan fingerprint density at radius 2 is 2.22 bits per heavy atom. The molecule has 106 valence electrons. The van der Waals surface area contributed by atoms with Gasteiger partial charge in [-0.05, 0) is 26.2 Å². The minimum atomic E-state index is -3.33. The molecule has 1 heterocycles. The molecule has 7 heteroatoms. The second kappa shape index (κ2) is 6.49. The summed E-state index contributed by atoms with van der Waals surface area (Å²) in [6.07, 6.45) is 1.17. The fourth-order valence-electron chi connectivity index (χ4n) is 2.08. The average molecular weight is 278 g/mol. The number of nitrogens with zero attached hydrogens (tertiary/aromatic N) is 1. The van der Waals surface area contributed by atoms with E-state index in [4.69, 9.17) is 5.11 Å². The third kappa shape index (κ3) is 3.93. The second-order valence-electron chi connectivity index (χ2n) is 4.68. The first kappa shape index (κ1) is 15.4. The fourth-order valence-corrected chi connectivity index (χ4v) is 3.82. The molecule has 2 N–H and O–H groups in total. The van der Waals surface area contributed by atoms with Gasteiger partial charge in [0.25, 0.3) is 0 Å². The monoisotopic (exact) mass is 278 g/mol. The molecule has 0 aliphatic carbocycles. The van der Waals surface area contributed by atoms with Crippen molar-refractivity contribution in [1.82, 2.24) is 9.62 Å². The molecule has 0 spiro atoms. The van der Waals surface area contributed by atoms with Crippen LogP contribution < -0.4 is 5.32 Å². The summed E-state index contributed by atoms with van der Waals surface area (Å²) in [7, 11) is -3.33. The molecule has 1 rings (SSSR count). The Morgan fingerprint density at radius 3 is 2.78 bits per heavy atom. The van der Waals surface area contributed by atoms with Crippen LogP contribution in [0.15, 0.2) is 0 Å². The largest absolute Gasteiger partial charge is 0.392 e. The maximum absolute atomic E-state index is 12.0. The first-order chi connectivity index (χ1) is 8.38. The smallest absolute Gasteiger partial charge is 0.238 e. The summed E-state index contributed by atoms with van der Waals surface area (Å²) in [6.45, 7) is 3.93. The number of aliphatic hydroxyl groups excluding tert-OH is 1. The van der Waals surface area contributed by atoms with E-state index in [0.29, 0.717) is 25.8 Å². The molecular formula is C11H22N2O4S. The highest BCUT2D eigenvalue weighted by atomic mass is 32.2. The minimum Gasteiger partial charge on any atom is -0.392 e. The van der Waals surface area contributed by atoms with Crippen molar-refractivity contribution in [2.75, 3.05) is 18.8 Å². The van der Waals surface area contributed by atoms with E-state index in [0.717, 1.165) is 0 Å². The first-order valence-electron chi connectivity index (χ1n) is 6.33. The van der Waals surface area contributed by atoms with Gasteiger partial charge in [0, 0.05) is 13.1 Å². The summed E-state index contributed by atoms with van der Waals surface area (Å²) < 4.78 is 25.3. The van der Waals surface area contributed by atoms with Gasteiger partial charge in [0.2, 0.25) is 15.9 Å². The average Bonchev–Trinajstić information content (AvgIpc) is 2.75. The Hall–Kier alpha value is -0.660. The van der Waals surface area contributed by atoms with E-state index in [2.05, 4.69) is 5.32 Å². The van der Waals surface area contributed by atoms with Crippen molar-refractivity contribution in [3.8, 4) is 0 Å². The van der Waals surface area contributed by atoms with Gasteiger partial charge in [0.05, 0.1) is 11.9 Å². The van der Waals surface area contributed by atoms with E-state index in [-0.39, 0.29) is 18.2 Å². The van der Waals surface area contributed by atoms with Crippen LogP contribution in [-0.2, 0) is 14.8 Å². The molecule has 0 saturated carbocycles. The van der Waals surface area contributed by atoms with Crippen LogP contribution in [0.5, 0.6) is 0 Å². The van der Waals surface area contributed by atoms with Crippen LogP contribution in [0, 0.1) is 0 Å². The molecule has 0 aromatic carbocycles. The molecule has 1 fully saturated rings. The highest BCUT2D eigenvalue weighted by Crippen LogP contribution is 2.21. The van der Waals surface area contributed by atoms with Gasteiger partial charge in [-0.1, -0.05) is 6.92 Å². The van der Waals surface area contributed by atoms with Crippen molar-refractivity contribution in [2.24, 2.45) is 0 Å². The van der Waals surface area contributed by atoms with Gasteiger partial charge in [0.15, 0.2) is 0 Å². The lowest BCUT2D eigenvalue weighted by Gasteiger charge is -2.23. The zero-order valence-corrected chi connectivity index (χ0v) is 11.7. The molecule has 0 bridgehead atoms. The Morgan fingerprint density at radius 1 is 1.56 bits per heavy atom. The van der Waals surface area contributed by atoms with Crippen LogP contribution in [0.3, 0.4) is 0 Å². The molecule has 1 aliphatic heterocycles. The number of hydrogen-bond acceptors (Lipinski definition) is 4. The van der Waals surface area contributed by atoms with Crippen LogP contribution in [0.25, 0.3) is 0 Å². The Balaban J connectivity index is 2.67. The van der Waals surface area contributed by atoms with E-state index < -0.39 is 22.2 Å². The summed E-state index contributed by atoms with van der Waals surface area (Å²) in [5.41, 5.74) is 0. The van der Waals surface area contributed by atoms with Crippen molar-refractivity contribution in [3.05, 3.63) is 0 Å². The van der Waals surface area contributed by atoms with Gasteiger partial charge in [-0.15, -0.1) is 0 Å². The lowest BCUT2D eigenvalue weighted by atomic mass is 10.2. The molecule has 1 unspecified atom stereocenters. The van der Waals surface area contributed by atoms with Crippen molar-refractivity contribution in [1.29, 1.82) is 0 Å². The van der Waals surface area contributed by atoms with Gasteiger partial charge in [0.1, 0.15) is 6.04 Å². The summed E-state index contributed by atoms with van der Waals surface area (Å²) in [5.74, 6) is -0.235. The number of rotatable bonds is 6. The van der Waals surface area contributed by atoms with Gasteiger partial charge in [-0.25, -0.2) is 8.42 Å². The Kier molecular flexibility index (Phi) is 5.55. The number of carbonyl (C=O) groups is 1. The Labute approximate surface area is 108 Å². The highest BCUT2D eigenvalue weighted by molar-refractivity contribution is 7.89. The summed E-state index contributed by atoms with van der Waals surface area (Å²) >= 11 is 0. The standard InChI is InChI=1S/C11H22N2O4S/c1-3-7-18(16,17)13-6-4-5-10(13)11(15)12-8-9(2)14/h9-10,14H,3-8H2,1-2H3,(H,12,15)/t9-,10?/m1/s1. The molecule has 0 aromatic rings. The van der Waals surface area contributed by atoms with Crippen LogP contribution in [0.2, 0.25) is 0 Å². The van der Waals surface area contributed by atoms with Crippen molar-refractivity contribution in [2.45, 2.75) is 45.3 Å². The van der Waals surface area contributed by atoms with E-state index in [1.807, 2.05) is 0 Å². The van der Waals surface area contributed by atoms with Gasteiger partial charge >= 0.3 is 0 Å². The molecule has 2 atom stereocenters. The summed E-state index contributed by atoms with van der Waals surface area (Å²) in [4.78, 5) is 11.9. The van der Waals surface area contributed by atoms with Crippen molar-refractivity contribution >= 4 is 15.9 Å². The van der Waals surface area contributed by atoms with E-state index in [1.165, 1.54) is 4.31 Å². The van der Waals surface area contributed by atoms with Crippen molar-refractivity contribution < 1.29 is 18.3 Å². The molecule has 1 amide bonds. The molecule has 0 aromatic heterocycles. The van der Waals surface area contributed by atoms with Gasteiger partial charge in [-0.2, -0.15) is 4.31 Å². The predicted octanol–water partition coefficient (Wildman–Crippen LogP) is -0.312. The maximum Gasteiger partial charge on any atom is 0.238 e. The van der Waals surface area contributed by atoms with E-state index >= 15 is 0 Å². The maximum atomic E-state index is 12.0. The molecule has 18 heavy (non-hydrogen) atoms. The third-order valence-corrected chi connectivity index (χ3v) is 4.97. The minimum absolute atomic E-state index is 0.0766. The normalized spacial score (nSPS) is 22.9. The number of aliphatic hydroxyl groups is 1. The van der Waals surface area contributed by atoms with E-state index in [9.17, 15) is 13.2 Å². The van der Waals surface area contributed by atoms with Crippen LogP contribution in [0.1, 0.15) is 33.1 Å². The second-order valence-corrected chi connectivity index (χ2v) is 6.72. The topological polar surface area (TPSA) is 86.7 Å². The van der Waals surface area contributed by atoms with Crippen LogP contribution >= 0.6 is 0 Å². The zero-order valence-electron chi connectivity index (χ0n) is 10.9. The third-order valence-electron chi connectivity index (χ3n) is 2.90. The summed E-state index contributed by atoms with van der Waals surface area (Å²) in [6, 6.07) is -0.611.